The highest BCUT2D eigenvalue weighted by Gasteiger charge is 2.45. The fourth-order valence-electron chi connectivity index (χ4n) is 4.81. The van der Waals surface area contributed by atoms with Crippen molar-refractivity contribution in [3.63, 3.8) is 0 Å². The summed E-state index contributed by atoms with van der Waals surface area (Å²) in [6.07, 6.45) is 8.00. The molecule has 32 heavy (non-hydrogen) atoms. The molecule has 168 valence electrons. The first-order valence-corrected chi connectivity index (χ1v) is 13.9. The normalized spacial score (nSPS) is 20.0. The lowest BCUT2D eigenvalue weighted by atomic mass is 9.86. The van der Waals surface area contributed by atoms with E-state index in [4.69, 9.17) is 9.72 Å². The minimum absolute atomic E-state index is 0.110. The van der Waals surface area contributed by atoms with E-state index in [1.807, 2.05) is 18.2 Å². The van der Waals surface area contributed by atoms with Gasteiger partial charge in [0, 0.05) is 16.5 Å². The summed E-state index contributed by atoms with van der Waals surface area (Å²) in [5.41, 5.74) is 3.35. The zero-order valence-corrected chi connectivity index (χ0v) is 19.7. The topological polar surface area (TPSA) is 81.4 Å². The van der Waals surface area contributed by atoms with Crippen LogP contribution in [0.15, 0.2) is 35.1 Å². The van der Waals surface area contributed by atoms with Crippen molar-refractivity contribution in [2.75, 3.05) is 24.5 Å². The van der Waals surface area contributed by atoms with Crippen LogP contribution >= 0.6 is 10.0 Å². The number of cyclic esters (lactones) is 1. The van der Waals surface area contributed by atoms with Gasteiger partial charge in [-0.15, -0.1) is 0 Å². The Labute approximate surface area is 188 Å². The molecule has 0 saturated heterocycles. The third-order valence-corrected chi connectivity index (χ3v) is 8.11. The van der Waals surface area contributed by atoms with Gasteiger partial charge in [-0.1, -0.05) is 25.1 Å². The number of carbonyl (C=O) groups excluding carboxylic acids is 1. The summed E-state index contributed by atoms with van der Waals surface area (Å²) >= 11 is 0. The molecule has 0 fully saturated rings. The van der Waals surface area contributed by atoms with E-state index in [0.29, 0.717) is 23.4 Å². The highest BCUT2D eigenvalue weighted by atomic mass is 32.3. The van der Waals surface area contributed by atoms with Gasteiger partial charge >= 0.3 is 5.97 Å². The highest BCUT2D eigenvalue weighted by Crippen LogP contribution is 2.42. The minimum Gasteiger partial charge on any atom is -0.458 e. The third-order valence-electron chi connectivity index (χ3n) is 6.68. The average Bonchev–Trinajstić information content (AvgIpc) is 3.12. The molecule has 2 aliphatic heterocycles. The Morgan fingerprint density at radius 2 is 1.94 bits per heavy atom. The number of esters is 1. The van der Waals surface area contributed by atoms with E-state index in [-0.39, 0.29) is 18.6 Å². The Bertz CT molecular complexity index is 1340. The second kappa shape index (κ2) is 7.18. The maximum Gasteiger partial charge on any atom is 0.343 e. The summed E-state index contributed by atoms with van der Waals surface area (Å²) in [4.78, 5) is 30.8. The summed E-state index contributed by atoms with van der Waals surface area (Å²) in [6.45, 7) is 2.05. The van der Waals surface area contributed by atoms with E-state index in [0.717, 1.165) is 34.3 Å². The zero-order valence-electron chi connectivity index (χ0n) is 18.9. The van der Waals surface area contributed by atoms with E-state index in [9.17, 15) is 14.7 Å². The molecule has 0 spiro atoms. The van der Waals surface area contributed by atoms with Crippen LogP contribution in [-0.4, -0.2) is 45.1 Å². The number of rotatable bonds is 4. The Hall–Kier alpha value is -2.64. The van der Waals surface area contributed by atoms with Crippen LogP contribution in [0.4, 0.5) is 0 Å². The maximum absolute atomic E-state index is 13.4. The molecule has 0 radical (unpaired) electrons. The predicted molar refractivity (Wildman–Crippen MR) is 128 cm³/mol. The number of nitrogens with zero attached hydrogens (tertiary/aromatic N) is 2. The Kier molecular flexibility index (Phi) is 4.76. The van der Waals surface area contributed by atoms with Crippen molar-refractivity contribution in [2.45, 2.75) is 38.5 Å². The summed E-state index contributed by atoms with van der Waals surface area (Å²) in [5, 5.41) is 12.2. The molecule has 6 nitrogen and oxygen atoms in total. The quantitative estimate of drug-likeness (QED) is 0.481. The van der Waals surface area contributed by atoms with Crippen LogP contribution in [0.5, 0.6) is 0 Å². The number of hydrogen-bond acceptors (Lipinski definition) is 5. The molecule has 3 aromatic rings. The molecule has 4 heterocycles. The van der Waals surface area contributed by atoms with Gasteiger partial charge < -0.3 is 14.4 Å². The highest BCUT2D eigenvalue weighted by molar-refractivity contribution is 8.32. The van der Waals surface area contributed by atoms with Gasteiger partial charge in [-0.3, -0.25) is 4.79 Å². The van der Waals surface area contributed by atoms with Crippen molar-refractivity contribution >= 4 is 26.9 Å². The number of aliphatic hydroxyl groups is 1. The summed E-state index contributed by atoms with van der Waals surface area (Å²) in [5.74, 6) is 0.392. The van der Waals surface area contributed by atoms with Crippen molar-refractivity contribution in [1.29, 1.82) is 0 Å². The molecule has 1 N–H and O–H groups in total. The van der Waals surface area contributed by atoms with Crippen molar-refractivity contribution in [2.24, 2.45) is 0 Å². The van der Waals surface area contributed by atoms with Crippen molar-refractivity contribution < 1.29 is 14.6 Å². The third kappa shape index (κ3) is 3.10. The lowest BCUT2D eigenvalue weighted by Crippen LogP contribution is -2.44. The van der Waals surface area contributed by atoms with Crippen LogP contribution in [0.2, 0.25) is 0 Å². The molecule has 1 aromatic carbocycles. The molecule has 7 heteroatoms. The van der Waals surface area contributed by atoms with E-state index in [1.165, 1.54) is 5.56 Å². The van der Waals surface area contributed by atoms with Gasteiger partial charge in [0.2, 0.25) is 0 Å². The molecule has 0 bridgehead atoms. The summed E-state index contributed by atoms with van der Waals surface area (Å²) in [6, 6.07) is 9.90. The van der Waals surface area contributed by atoms with E-state index < -0.39 is 21.6 Å². The molecule has 2 aliphatic rings. The number of aryl methyl sites for hydroxylation is 1. The van der Waals surface area contributed by atoms with Gasteiger partial charge in [0.05, 0.1) is 29.0 Å². The van der Waals surface area contributed by atoms with E-state index >= 15 is 0 Å². The number of ether oxygens (including phenoxy) is 1. The van der Waals surface area contributed by atoms with Gasteiger partial charge in [0.1, 0.15) is 6.61 Å². The molecule has 0 amide bonds. The lowest BCUT2D eigenvalue weighted by Gasteiger charge is -2.31. The van der Waals surface area contributed by atoms with Crippen LogP contribution in [0.25, 0.3) is 22.3 Å². The molecular formula is C25H28N2O4S. The van der Waals surface area contributed by atoms with Gasteiger partial charge in [-0.05, 0) is 55.1 Å². The molecule has 5 rings (SSSR count). The number of para-hydroxylation sites is 1. The summed E-state index contributed by atoms with van der Waals surface area (Å²) in [7, 11) is -0.698. The van der Waals surface area contributed by atoms with Crippen LogP contribution in [0.1, 0.15) is 35.6 Å². The fourth-order valence-corrected chi connectivity index (χ4v) is 5.62. The molecule has 2 aromatic heterocycles. The van der Waals surface area contributed by atoms with Gasteiger partial charge in [0.15, 0.2) is 5.60 Å². The number of pyridine rings is 2. The van der Waals surface area contributed by atoms with E-state index in [2.05, 4.69) is 24.8 Å². The van der Waals surface area contributed by atoms with Gasteiger partial charge in [-0.2, -0.15) is 0 Å². The summed E-state index contributed by atoms with van der Waals surface area (Å²) < 4.78 is 6.90. The number of benzene rings is 1. The smallest absolute Gasteiger partial charge is 0.343 e. The Morgan fingerprint density at radius 1 is 1.19 bits per heavy atom. The number of aromatic nitrogens is 2. The number of fused-ring (bicyclic) bond motifs is 5. The number of carbonyl (C=O) groups is 1. The second-order valence-electron chi connectivity index (χ2n) is 9.58. The van der Waals surface area contributed by atoms with Crippen LogP contribution in [0, 0.1) is 0 Å². The fraction of sp³-hybridized carbons (Fsp3) is 0.400. The predicted octanol–water partition coefficient (Wildman–Crippen LogP) is 3.32. The zero-order chi connectivity index (χ0) is 22.8. The standard InChI is InChI=1S/C25H28N2O4S/c1-5-25(30)19-12-21-22-17(13-27(21)23(28)18(19)14-31-24(25)29)15(10-11-32(2,3)4)16-8-6-7-9-20(16)26-22/h6-9,12,30H,5,10-11,13-14H2,1-4H3/t25-/m0/s1. The molecule has 1 atom stereocenters. The first kappa shape index (κ1) is 21.2. The Balaban J connectivity index is 1.76. The SMILES string of the molecule is CC[C@@]1(O)C(=O)OCc2c1cc1n(c2=O)Cc2c-1nc1ccccc1c2CCS(C)(C)C. The maximum atomic E-state index is 13.4. The molecule has 0 aliphatic carbocycles. The van der Waals surface area contributed by atoms with Gasteiger partial charge in [0.25, 0.3) is 5.56 Å². The van der Waals surface area contributed by atoms with Crippen LogP contribution in [0.3, 0.4) is 0 Å². The average molecular weight is 453 g/mol. The minimum atomic E-state index is -1.81. The first-order valence-electron chi connectivity index (χ1n) is 10.9. The first-order chi connectivity index (χ1) is 15.1. The van der Waals surface area contributed by atoms with Crippen LogP contribution < -0.4 is 5.56 Å². The lowest BCUT2D eigenvalue weighted by molar-refractivity contribution is -0.172. The molecule has 0 unspecified atom stereocenters. The second-order valence-corrected chi connectivity index (χ2v) is 14.2. The van der Waals surface area contributed by atoms with Gasteiger partial charge in [-0.25, -0.2) is 19.8 Å². The van der Waals surface area contributed by atoms with Crippen LogP contribution in [-0.2, 0) is 34.7 Å². The molecule has 0 saturated carbocycles. The van der Waals surface area contributed by atoms with Crippen molar-refractivity contribution in [1.82, 2.24) is 9.55 Å². The Morgan fingerprint density at radius 3 is 2.66 bits per heavy atom. The molecular weight excluding hydrogens is 424 g/mol. The van der Waals surface area contributed by atoms with Crippen molar-refractivity contribution in [3.05, 3.63) is 62.9 Å². The van der Waals surface area contributed by atoms with Crippen molar-refractivity contribution in [3.8, 4) is 11.4 Å². The largest absolute Gasteiger partial charge is 0.458 e. The van der Waals surface area contributed by atoms with E-state index in [1.54, 1.807) is 17.6 Å². The number of hydrogen-bond donors (Lipinski definition) is 1. The monoisotopic (exact) mass is 452 g/mol.